The molecule has 0 unspecified atom stereocenters. The molecule has 0 saturated heterocycles. The molecular weight excluding hydrogens is 238 g/mol. The van der Waals surface area contributed by atoms with Crippen molar-refractivity contribution in [2.75, 3.05) is 12.8 Å². The summed E-state index contributed by atoms with van der Waals surface area (Å²) in [7, 11) is 3.47. The van der Waals surface area contributed by atoms with Crippen molar-refractivity contribution < 1.29 is 4.74 Å². The van der Waals surface area contributed by atoms with Gasteiger partial charge in [0.1, 0.15) is 11.6 Å². The topological polar surface area (TPSA) is 53.1 Å². The Morgan fingerprint density at radius 3 is 2.65 bits per heavy atom. The molecular formula is C12H14ClN3O. The van der Waals surface area contributed by atoms with Gasteiger partial charge in [-0.3, -0.25) is 4.68 Å². The molecule has 4 nitrogen and oxygen atoms in total. The van der Waals surface area contributed by atoms with Crippen molar-refractivity contribution in [3.63, 3.8) is 0 Å². The van der Waals surface area contributed by atoms with Crippen LogP contribution in [0.15, 0.2) is 18.2 Å². The van der Waals surface area contributed by atoms with E-state index in [1.54, 1.807) is 17.9 Å². The van der Waals surface area contributed by atoms with Gasteiger partial charge < -0.3 is 10.5 Å². The van der Waals surface area contributed by atoms with Crippen molar-refractivity contribution in [3.05, 3.63) is 28.8 Å². The normalized spacial score (nSPS) is 10.6. The van der Waals surface area contributed by atoms with E-state index in [0.29, 0.717) is 10.8 Å². The molecule has 0 radical (unpaired) electrons. The Hall–Kier alpha value is -1.68. The third-order valence-electron chi connectivity index (χ3n) is 2.74. The number of aromatic nitrogens is 2. The maximum absolute atomic E-state index is 6.02. The minimum absolute atomic E-state index is 0.518. The van der Waals surface area contributed by atoms with Crippen LogP contribution in [0.2, 0.25) is 5.02 Å². The van der Waals surface area contributed by atoms with E-state index in [4.69, 9.17) is 22.1 Å². The highest BCUT2D eigenvalue weighted by atomic mass is 35.5. The summed E-state index contributed by atoms with van der Waals surface area (Å²) >= 11 is 6.02. The van der Waals surface area contributed by atoms with Crippen LogP contribution in [-0.4, -0.2) is 16.9 Å². The molecule has 2 N–H and O–H groups in total. The number of rotatable bonds is 2. The number of hydrogen-bond donors (Lipinski definition) is 1. The number of hydrogen-bond acceptors (Lipinski definition) is 3. The highest BCUT2D eigenvalue weighted by Gasteiger charge is 2.16. The van der Waals surface area contributed by atoms with Crippen LogP contribution in [0.3, 0.4) is 0 Å². The van der Waals surface area contributed by atoms with Crippen LogP contribution in [-0.2, 0) is 7.05 Å². The SMILES string of the molecule is COc1ccc(Cl)cc1-c1c(C)c(N)nn1C. The summed E-state index contributed by atoms with van der Waals surface area (Å²) in [6, 6.07) is 5.48. The van der Waals surface area contributed by atoms with E-state index in [1.165, 1.54) is 0 Å². The first-order valence-corrected chi connectivity index (χ1v) is 5.55. The van der Waals surface area contributed by atoms with Crippen LogP contribution < -0.4 is 10.5 Å². The summed E-state index contributed by atoms with van der Waals surface area (Å²) in [5.41, 5.74) is 8.54. The average Bonchev–Trinajstić information content (AvgIpc) is 2.53. The maximum atomic E-state index is 6.02. The highest BCUT2D eigenvalue weighted by Crippen LogP contribution is 2.35. The van der Waals surface area contributed by atoms with Gasteiger partial charge in [0.05, 0.1) is 12.8 Å². The van der Waals surface area contributed by atoms with Gasteiger partial charge in [-0.1, -0.05) is 11.6 Å². The monoisotopic (exact) mass is 251 g/mol. The van der Waals surface area contributed by atoms with Gasteiger partial charge in [0, 0.05) is 23.2 Å². The quantitative estimate of drug-likeness (QED) is 0.893. The molecule has 2 rings (SSSR count). The van der Waals surface area contributed by atoms with Crippen LogP contribution in [0.5, 0.6) is 5.75 Å². The number of anilines is 1. The molecule has 2 aromatic rings. The average molecular weight is 252 g/mol. The first kappa shape index (κ1) is 11.8. The molecule has 90 valence electrons. The van der Waals surface area contributed by atoms with Gasteiger partial charge in [0.25, 0.3) is 0 Å². The number of nitrogens with zero attached hydrogens (tertiary/aromatic N) is 2. The molecule has 0 aliphatic carbocycles. The molecule has 0 amide bonds. The van der Waals surface area contributed by atoms with E-state index in [1.807, 2.05) is 26.1 Å². The molecule has 0 spiro atoms. The second kappa shape index (κ2) is 4.30. The third-order valence-corrected chi connectivity index (χ3v) is 2.97. The van der Waals surface area contributed by atoms with E-state index >= 15 is 0 Å². The van der Waals surface area contributed by atoms with Gasteiger partial charge >= 0.3 is 0 Å². The number of benzene rings is 1. The Bertz CT molecular complexity index is 563. The first-order chi connectivity index (χ1) is 8.04. The minimum Gasteiger partial charge on any atom is -0.496 e. The summed E-state index contributed by atoms with van der Waals surface area (Å²) in [5, 5.41) is 4.84. The largest absolute Gasteiger partial charge is 0.496 e. The summed E-state index contributed by atoms with van der Waals surface area (Å²) < 4.78 is 7.07. The molecule has 0 aliphatic heterocycles. The second-order valence-corrected chi connectivity index (χ2v) is 4.26. The zero-order chi connectivity index (χ0) is 12.6. The van der Waals surface area contributed by atoms with Crippen molar-refractivity contribution in [3.8, 4) is 17.0 Å². The van der Waals surface area contributed by atoms with Gasteiger partial charge in [-0.25, -0.2) is 0 Å². The zero-order valence-electron chi connectivity index (χ0n) is 9.99. The van der Waals surface area contributed by atoms with Gasteiger partial charge in [-0.2, -0.15) is 5.10 Å². The molecule has 0 atom stereocenters. The Kier molecular flexibility index (Phi) is 2.98. The lowest BCUT2D eigenvalue weighted by molar-refractivity contribution is 0.416. The Morgan fingerprint density at radius 2 is 2.12 bits per heavy atom. The van der Waals surface area contributed by atoms with Gasteiger partial charge in [0.15, 0.2) is 0 Å². The third kappa shape index (κ3) is 1.96. The van der Waals surface area contributed by atoms with E-state index in [2.05, 4.69) is 5.10 Å². The molecule has 17 heavy (non-hydrogen) atoms. The van der Waals surface area contributed by atoms with Gasteiger partial charge in [-0.05, 0) is 25.1 Å². The molecule has 0 bridgehead atoms. The van der Waals surface area contributed by atoms with Crippen LogP contribution >= 0.6 is 11.6 Å². The predicted octanol–water partition coefficient (Wildman–Crippen LogP) is 2.64. The fourth-order valence-electron chi connectivity index (χ4n) is 1.89. The molecule has 0 aliphatic rings. The van der Waals surface area contributed by atoms with E-state index in [9.17, 15) is 0 Å². The molecule has 0 saturated carbocycles. The minimum atomic E-state index is 0.518. The van der Waals surface area contributed by atoms with Crippen LogP contribution in [0.4, 0.5) is 5.82 Å². The van der Waals surface area contributed by atoms with Crippen LogP contribution in [0, 0.1) is 6.92 Å². The highest BCUT2D eigenvalue weighted by molar-refractivity contribution is 6.31. The van der Waals surface area contributed by atoms with Crippen molar-refractivity contribution in [1.82, 2.24) is 9.78 Å². The Balaban J connectivity index is 2.71. The van der Waals surface area contributed by atoms with Crippen LogP contribution in [0.25, 0.3) is 11.3 Å². The number of halogens is 1. The molecule has 5 heteroatoms. The maximum Gasteiger partial charge on any atom is 0.149 e. The number of methoxy groups -OCH3 is 1. The zero-order valence-corrected chi connectivity index (χ0v) is 10.7. The predicted molar refractivity (Wildman–Crippen MR) is 69.4 cm³/mol. The fraction of sp³-hybridized carbons (Fsp3) is 0.250. The lowest BCUT2D eigenvalue weighted by Crippen LogP contribution is -1.97. The first-order valence-electron chi connectivity index (χ1n) is 5.17. The van der Waals surface area contributed by atoms with Gasteiger partial charge in [-0.15, -0.1) is 0 Å². The number of ether oxygens (including phenoxy) is 1. The molecule has 1 aromatic carbocycles. The standard InChI is InChI=1S/C12H14ClN3O/c1-7-11(16(2)15-12(7)14)9-6-8(13)4-5-10(9)17-3/h4-6H,1-3H3,(H2,14,15). The van der Waals surface area contributed by atoms with E-state index in [-0.39, 0.29) is 0 Å². The number of aryl methyl sites for hydroxylation is 1. The van der Waals surface area contributed by atoms with Crippen LogP contribution in [0.1, 0.15) is 5.56 Å². The smallest absolute Gasteiger partial charge is 0.149 e. The van der Waals surface area contributed by atoms with Gasteiger partial charge in [0.2, 0.25) is 0 Å². The molecule has 0 fully saturated rings. The number of nitrogen functional groups attached to an aromatic ring is 1. The van der Waals surface area contributed by atoms with Crippen molar-refractivity contribution in [2.45, 2.75) is 6.92 Å². The molecule has 1 heterocycles. The molecule has 1 aromatic heterocycles. The van der Waals surface area contributed by atoms with Crippen molar-refractivity contribution in [1.29, 1.82) is 0 Å². The second-order valence-electron chi connectivity index (χ2n) is 3.83. The van der Waals surface area contributed by atoms with Crippen molar-refractivity contribution >= 4 is 17.4 Å². The van der Waals surface area contributed by atoms with Crippen molar-refractivity contribution in [2.24, 2.45) is 7.05 Å². The number of nitrogens with two attached hydrogens (primary N) is 1. The summed E-state index contributed by atoms with van der Waals surface area (Å²) in [6.07, 6.45) is 0. The summed E-state index contributed by atoms with van der Waals surface area (Å²) in [4.78, 5) is 0. The summed E-state index contributed by atoms with van der Waals surface area (Å²) in [6.45, 7) is 1.93. The van der Waals surface area contributed by atoms with E-state index < -0.39 is 0 Å². The Labute approximate surface area is 105 Å². The lowest BCUT2D eigenvalue weighted by atomic mass is 10.1. The Morgan fingerprint density at radius 1 is 1.41 bits per heavy atom. The fourth-order valence-corrected chi connectivity index (χ4v) is 2.06. The summed E-state index contributed by atoms with van der Waals surface area (Å²) in [5.74, 6) is 1.27. The van der Waals surface area contributed by atoms with E-state index in [0.717, 1.165) is 22.6 Å². The lowest BCUT2D eigenvalue weighted by Gasteiger charge is -2.10.